The Bertz CT molecular complexity index is 1560. The van der Waals surface area contributed by atoms with E-state index in [1.54, 1.807) is 24.2 Å². The minimum absolute atomic E-state index is 0. The van der Waals surface area contributed by atoms with Gasteiger partial charge in [0.1, 0.15) is 0 Å². The fourth-order valence-electron chi connectivity index (χ4n) is 6.96. The molecule has 0 N–H and O–H groups in total. The first kappa shape index (κ1) is 37.8. The number of rotatable bonds is 1. The summed E-state index contributed by atoms with van der Waals surface area (Å²) in [6.45, 7) is 29.3. The van der Waals surface area contributed by atoms with Crippen molar-refractivity contribution < 1.29 is 49.0 Å². The predicted molar refractivity (Wildman–Crippen MR) is 181 cm³/mol. The molecule has 0 radical (unpaired) electrons. The van der Waals surface area contributed by atoms with Gasteiger partial charge in [0.25, 0.3) is 0 Å². The van der Waals surface area contributed by atoms with Crippen LogP contribution in [0.5, 0.6) is 0 Å². The van der Waals surface area contributed by atoms with Gasteiger partial charge in [0.05, 0.1) is 0 Å². The van der Waals surface area contributed by atoms with Gasteiger partial charge >= 0.3 is 41.3 Å². The van der Waals surface area contributed by atoms with Gasteiger partial charge in [-0.25, -0.2) is 5.57 Å². The van der Waals surface area contributed by atoms with E-state index in [9.17, 15) is 0 Å². The van der Waals surface area contributed by atoms with E-state index in [2.05, 4.69) is 145 Å². The summed E-state index contributed by atoms with van der Waals surface area (Å²) >= 11 is 1.55. The van der Waals surface area contributed by atoms with Gasteiger partial charge in [-0.1, -0.05) is 115 Å². The molecule has 0 nitrogen and oxygen atoms in total. The molecule has 0 saturated carbocycles. The summed E-state index contributed by atoms with van der Waals surface area (Å²) < 4.78 is 1.51. The monoisotopic (exact) mass is 690 g/mol. The molecular weight excluding hydrogens is 643 g/mol. The molecule has 0 fully saturated rings. The maximum absolute atomic E-state index is 3.48. The Hall–Kier alpha value is -1.40. The normalized spacial score (nSPS) is 18.9. The van der Waals surface area contributed by atoms with Crippen molar-refractivity contribution in [3.8, 4) is 0 Å². The summed E-state index contributed by atoms with van der Waals surface area (Å²) in [6.07, 6.45) is 11.8. The Labute approximate surface area is 289 Å². The Morgan fingerprint density at radius 2 is 1.23 bits per heavy atom. The smallest absolute Gasteiger partial charge is 1.00 e. The van der Waals surface area contributed by atoms with Crippen LogP contribution in [0.2, 0.25) is 0 Å². The quantitative estimate of drug-likeness (QED) is 0.292. The van der Waals surface area contributed by atoms with Crippen molar-refractivity contribution in [3.05, 3.63) is 88.0 Å². The summed E-state index contributed by atoms with van der Waals surface area (Å²) in [6, 6.07) is 12.1. The summed E-state index contributed by atoms with van der Waals surface area (Å²) in [5.74, 6) is 0.522. The summed E-state index contributed by atoms with van der Waals surface area (Å²) in [5.41, 5.74) is 12.1. The van der Waals surface area contributed by atoms with Crippen molar-refractivity contribution in [1.82, 2.24) is 0 Å². The molecule has 0 bridgehead atoms. The third kappa shape index (κ3) is 7.71. The van der Waals surface area contributed by atoms with Crippen LogP contribution in [0.25, 0.3) is 32.7 Å². The molecule has 43 heavy (non-hydrogen) atoms. The van der Waals surface area contributed by atoms with E-state index in [1.165, 1.54) is 69.3 Å². The van der Waals surface area contributed by atoms with Crippen LogP contribution in [0, 0.1) is 17.4 Å². The molecule has 1 atom stereocenters. The van der Waals surface area contributed by atoms with Gasteiger partial charge in [0.2, 0.25) is 0 Å². The van der Waals surface area contributed by atoms with Gasteiger partial charge in [-0.2, -0.15) is 11.6 Å². The molecule has 1 unspecified atom stereocenters. The molecule has 0 aliphatic heterocycles. The molecule has 0 heterocycles. The molecule has 3 aromatic rings. The van der Waals surface area contributed by atoms with Crippen LogP contribution in [0.15, 0.2) is 59.7 Å². The molecule has 3 aliphatic rings. The van der Waals surface area contributed by atoms with Crippen molar-refractivity contribution in [1.29, 1.82) is 0 Å². The Morgan fingerprint density at radius 1 is 0.837 bits per heavy atom. The molecule has 0 amide bonds. The average Bonchev–Trinajstić information content (AvgIpc) is 3.52. The van der Waals surface area contributed by atoms with Crippen LogP contribution >= 0.6 is 0 Å². The zero-order valence-electron chi connectivity index (χ0n) is 28.7. The molecule has 3 heteroatoms. The summed E-state index contributed by atoms with van der Waals surface area (Å²) in [5, 5.41) is 5.57. The number of benzene rings is 2. The van der Waals surface area contributed by atoms with Gasteiger partial charge < -0.3 is 24.8 Å². The van der Waals surface area contributed by atoms with Gasteiger partial charge in [0.15, 0.2) is 0 Å². The largest absolute Gasteiger partial charge is 1.00 e. The van der Waals surface area contributed by atoms with Crippen LogP contribution in [0.4, 0.5) is 0 Å². The maximum atomic E-state index is 3.48. The van der Waals surface area contributed by atoms with Crippen LogP contribution in [-0.2, 0) is 35.1 Å². The second-order valence-corrected chi connectivity index (χ2v) is 17.3. The van der Waals surface area contributed by atoms with Crippen molar-refractivity contribution in [2.24, 2.45) is 11.3 Å². The van der Waals surface area contributed by atoms with E-state index in [-0.39, 0.29) is 35.6 Å². The number of hydrogen-bond donors (Lipinski definition) is 0. The first-order valence-corrected chi connectivity index (χ1v) is 16.6. The van der Waals surface area contributed by atoms with Gasteiger partial charge in [-0.15, -0.1) is 39.7 Å². The van der Waals surface area contributed by atoms with E-state index >= 15 is 0 Å². The fraction of sp³-hybridized carbons (Fsp3) is 0.450. The average molecular weight is 693 g/mol. The molecule has 3 aliphatic carbocycles. The van der Waals surface area contributed by atoms with Crippen LogP contribution in [0.1, 0.15) is 119 Å². The van der Waals surface area contributed by atoms with Crippen LogP contribution in [0.3, 0.4) is 0 Å². The van der Waals surface area contributed by atoms with E-state index in [4.69, 9.17) is 0 Å². The van der Waals surface area contributed by atoms with E-state index in [0.717, 1.165) is 6.42 Å². The number of hydrogen-bond acceptors (Lipinski definition) is 0. The molecule has 0 saturated heterocycles. The van der Waals surface area contributed by atoms with Crippen molar-refractivity contribution in [3.63, 3.8) is 0 Å². The Balaban J connectivity index is 0.000000304. The minimum Gasteiger partial charge on any atom is -1.00 e. The van der Waals surface area contributed by atoms with Crippen LogP contribution < -0.4 is 24.8 Å². The topological polar surface area (TPSA) is 0 Å². The first-order chi connectivity index (χ1) is 18.9. The summed E-state index contributed by atoms with van der Waals surface area (Å²) in [7, 11) is 0. The standard InChI is InChI=1S/C25H25.C12H19.C3H6.2ClH.Zr/c1-14-12-24(3,4)22-8-16-7-17-9-23-19(15(2)13-25(23,5)6)11-21(17)20(16)10-18(14)22;1-6-10-7-9(2)8-11(10)12(3,4)5;1-3-2;;;/h7-13H,1-6H3;8-9H,6H2,1-5H3;1-2H3;2*1H;/q2*-1;;;;+2/p-2. The molecule has 230 valence electrons. The molecule has 3 aromatic carbocycles. The third-order valence-electron chi connectivity index (χ3n) is 8.68. The van der Waals surface area contributed by atoms with E-state index in [1.807, 2.05) is 0 Å². The maximum Gasteiger partial charge on any atom is -1.00 e. The molecular formula is C40H50Cl2Zr-2. The van der Waals surface area contributed by atoms with Gasteiger partial charge in [-0.05, 0) is 36.1 Å². The number of allylic oxidation sites excluding steroid dienone is 8. The zero-order valence-corrected chi connectivity index (χ0v) is 32.6. The number of halogens is 2. The number of fused-ring (bicyclic) bond motifs is 5. The minimum atomic E-state index is 0. The van der Waals surface area contributed by atoms with Gasteiger partial charge in [-0.3, -0.25) is 6.08 Å². The molecule has 0 aromatic heterocycles. The van der Waals surface area contributed by atoms with Crippen molar-refractivity contribution >= 4 is 35.9 Å². The Morgan fingerprint density at radius 3 is 1.56 bits per heavy atom. The van der Waals surface area contributed by atoms with E-state index in [0.29, 0.717) is 11.3 Å². The van der Waals surface area contributed by atoms with Crippen LogP contribution in [-0.4, -0.2) is 3.21 Å². The van der Waals surface area contributed by atoms with Gasteiger partial charge in [0, 0.05) is 10.8 Å². The van der Waals surface area contributed by atoms with Crippen molar-refractivity contribution in [2.75, 3.05) is 0 Å². The fourth-order valence-corrected chi connectivity index (χ4v) is 6.96. The first-order valence-electron chi connectivity index (χ1n) is 15.3. The summed E-state index contributed by atoms with van der Waals surface area (Å²) in [4.78, 5) is 0. The second kappa shape index (κ2) is 13.5. The van der Waals surface area contributed by atoms with E-state index < -0.39 is 0 Å². The Kier molecular flexibility index (Phi) is 11.9. The van der Waals surface area contributed by atoms with Crippen molar-refractivity contribution in [2.45, 2.75) is 107 Å². The second-order valence-electron chi connectivity index (χ2n) is 14.8. The molecule has 0 spiro atoms. The third-order valence-corrected chi connectivity index (χ3v) is 8.68. The molecule has 6 rings (SSSR count). The zero-order chi connectivity index (χ0) is 30.7. The SMILES string of the molecule is CC1=CC(C)(C)c2cc3[cH-]c4cc5c(cc4c3cc21)C(C)=CC5(C)C.CCC1=[C-]C(C)C=C1C(C)(C)C.C[C](C)=[Zr+2].[Cl-].[Cl-]. The predicted octanol–water partition coefficient (Wildman–Crippen LogP) is 5.60.